The van der Waals surface area contributed by atoms with Crippen LogP contribution >= 0.6 is 11.3 Å². The highest BCUT2D eigenvalue weighted by molar-refractivity contribution is 7.10. The zero-order valence-electron chi connectivity index (χ0n) is 11.6. The molecule has 0 aliphatic carbocycles. The maximum Gasteiger partial charge on any atom is 0.318 e. The summed E-state index contributed by atoms with van der Waals surface area (Å²) in [5.74, 6) is 0. The SMILES string of the molecule is CO[C@H]1COC[C@H]1NC(=O)N1CCCC1c1cccs1. The second kappa shape index (κ2) is 6.11. The Morgan fingerprint density at radius 1 is 1.55 bits per heavy atom. The predicted molar refractivity (Wildman–Crippen MR) is 76.9 cm³/mol. The van der Waals surface area contributed by atoms with Crippen molar-refractivity contribution in [2.75, 3.05) is 26.9 Å². The molecule has 1 N–H and O–H groups in total. The monoisotopic (exact) mass is 296 g/mol. The summed E-state index contributed by atoms with van der Waals surface area (Å²) in [4.78, 5) is 15.7. The summed E-state index contributed by atoms with van der Waals surface area (Å²) in [5, 5.41) is 5.12. The molecule has 0 radical (unpaired) electrons. The molecular formula is C14H20N2O3S. The van der Waals surface area contributed by atoms with E-state index in [0.29, 0.717) is 13.2 Å². The average Bonchev–Trinajstić information content (AvgIpc) is 3.19. The van der Waals surface area contributed by atoms with Crippen LogP contribution < -0.4 is 5.32 Å². The van der Waals surface area contributed by atoms with E-state index in [1.807, 2.05) is 11.0 Å². The standard InChI is InChI=1S/C14H20N2O3S/c1-18-12-9-19-8-10(12)15-14(17)16-6-2-4-11(16)13-5-3-7-20-13/h3,5,7,10-12H,2,4,6,8-9H2,1H3,(H,15,17)/t10-,11?,12+/m1/s1. The van der Waals surface area contributed by atoms with Crippen LogP contribution in [0.15, 0.2) is 17.5 Å². The Morgan fingerprint density at radius 3 is 3.20 bits per heavy atom. The van der Waals surface area contributed by atoms with Crippen LogP contribution in [0.1, 0.15) is 23.8 Å². The van der Waals surface area contributed by atoms with Gasteiger partial charge in [0.05, 0.1) is 25.3 Å². The zero-order chi connectivity index (χ0) is 13.9. The average molecular weight is 296 g/mol. The highest BCUT2D eigenvalue weighted by atomic mass is 32.1. The van der Waals surface area contributed by atoms with Gasteiger partial charge < -0.3 is 19.7 Å². The second-order valence-electron chi connectivity index (χ2n) is 5.23. The number of nitrogens with one attached hydrogen (secondary N) is 1. The Balaban J connectivity index is 1.64. The van der Waals surface area contributed by atoms with Crippen molar-refractivity contribution in [3.05, 3.63) is 22.4 Å². The van der Waals surface area contributed by atoms with Gasteiger partial charge in [0.25, 0.3) is 0 Å². The summed E-state index contributed by atoms with van der Waals surface area (Å²) in [5.41, 5.74) is 0. The van der Waals surface area contributed by atoms with E-state index in [1.54, 1.807) is 18.4 Å². The Morgan fingerprint density at radius 2 is 2.45 bits per heavy atom. The molecule has 2 fully saturated rings. The van der Waals surface area contributed by atoms with E-state index in [1.165, 1.54) is 4.88 Å². The predicted octanol–water partition coefficient (Wildman–Crippen LogP) is 2.01. The van der Waals surface area contributed by atoms with Crippen molar-refractivity contribution >= 4 is 17.4 Å². The second-order valence-corrected chi connectivity index (χ2v) is 6.21. The van der Waals surface area contributed by atoms with Gasteiger partial charge in [-0.15, -0.1) is 11.3 Å². The van der Waals surface area contributed by atoms with Crippen molar-refractivity contribution in [1.29, 1.82) is 0 Å². The summed E-state index contributed by atoms with van der Waals surface area (Å²) < 4.78 is 10.7. The van der Waals surface area contributed by atoms with E-state index in [0.717, 1.165) is 19.4 Å². The van der Waals surface area contributed by atoms with E-state index < -0.39 is 0 Å². The molecular weight excluding hydrogens is 276 g/mol. The van der Waals surface area contributed by atoms with Crippen LogP contribution in [-0.2, 0) is 9.47 Å². The van der Waals surface area contributed by atoms with Crippen molar-refractivity contribution in [3.63, 3.8) is 0 Å². The largest absolute Gasteiger partial charge is 0.377 e. The van der Waals surface area contributed by atoms with Crippen molar-refractivity contribution < 1.29 is 14.3 Å². The van der Waals surface area contributed by atoms with Gasteiger partial charge in [0, 0.05) is 18.5 Å². The molecule has 0 aromatic carbocycles. The fourth-order valence-corrected chi connectivity index (χ4v) is 3.80. The maximum atomic E-state index is 12.5. The fraction of sp³-hybridized carbons (Fsp3) is 0.643. The Kier molecular flexibility index (Phi) is 4.24. The molecule has 0 bridgehead atoms. The smallest absolute Gasteiger partial charge is 0.318 e. The van der Waals surface area contributed by atoms with Crippen LogP contribution in [0.5, 0.6) is 0 Å². The minimum absolute atomic E-state index is 0.00144. The Labute approximate surface area is 122 Å². The van der Waals surface area contributed by atoms with E-state index in [9.17, 15) is 4.79 Å². The number of nitrogens with zero attached hydrogens (tertiary/aromatic N) is 1. The van der Waals surface area contributed by atoms with Gasteiger partial charge in [-0.1, -0.05) is 6.07 Å². The molecule has 5 nitrogen and oxygen atoms in total. The van der Waals surface area contributed by atoms with Crippen LogP contribution in [0.3, 0.4) is 0 Å². The number of carbonyl (C=O) groups excluding carboxylic acids is 1. The molecule has 1 aromatic rings. The van der Waals surface area contributed by atoms with E-state index in [2.05, 4.69) is 16.8 Å². The van der Waals surface area contributed by atoms with Gasteiger partial charge in [0.1, 0.15) is 6.10 Å². The minimum atomic E-state index is -0.0444. The third-order valence-electron chi connectivity index (χ3n) is 4.03. The number of hydrogen-bond donors (Lipinski definition) is 1. The normalized spacial score (nSPS) is 29.9. The van der Waals surface area contributed by atoms with Gasteiger partial charge in [-0.05, 0) is 24.3 Å². The first-order chi connectivity index (χ1) is 9.79. The van der Waals surface area contributed by atoms with Crippen molar-refractivity contribution in [2.24, 2.45) is 0 Å². The molecule has 3 atom stereocenters. The molecule has 20 heavy (non-hydrogen) atoms. The summed E-state index contributed by atoms with van der Waals surface area (Å²) in [7, 11) is 1.66. The van der Waals surface area contributed by atoms with Crippen LogP contribution in [0.25, 0.3) is 0 Å². The van der Waals surface area contributed by atoms with Crippen LogP contribution in [-0.4, -0.2) is 49.9 Å². The number of amides is 2. The highest BCUT2D eigenvalue weighted by Crippen LogP contribution is 2.34. The number of urea groups is 1. The van der Waals surface area contributed by atoms with Gasteiger partial charge in [-0.3, -0.25) is 0 Å². The zero-order valence-corrected chi connectivity index (χ0v) is 12.4. The van der Waals surface area contributed by atoms with E-state index >= 15 is 0 Å². The molecule has 3 rings (SSSR count). The third-order valence-corrected chi connectivity index (χ3v) is 5.00. The highest BCUT2D eigenvalue weighted by Gasteiger charge is 2.35. The Hall–Kier alpha value is -1.11. The van der Waals surface area contributed by atoms with Crippen molar-refractivity contribution in [3.8, 4) is 0 Å². The molecule has 2 saturated heterocycles. The minimum Gasteiger partial charge on any atom is -0.377 e. The summed E-state index contributed by atoms with van der Waals surface area (Å²) in [6, 6.07) is 4.33. The first kappa shape index (κ1) is 13.9. The quantitative estimate of drug-likeness (QED) is 0.928. The van der Waals surface area contributed by atoms with Gasteiger partial charge >= 0.3 is 6.03 Å². The van der Waals surface area contributed by atoms with Gasteiger partial charge in [0.15, 0.2) is 0 Å². The van der Waals surface area contributed by atoms with Crippen molar-refractivity contribution in [1.82, 2.24) is 10.2 Å². The molecule has 6 heteroatoms. The third kappa shape index (κ3) is 2.68. The maximum absolute atomic E-state index is 12.5. The molecule has 1 aromatic heterocycles. The van der Waals surface area contributed by atoms with Gasteiger partial charge in [-0.2, -0.15) is 0 Å². The van der Waals surface area contributed by atoms with Crippen LogP contribution in [0.2, 0.25) is 0 Å². The first-order valence-corrected chi connectivity index (χ1v) is 7.88. The van der Waals surface area contributed by atoms with E-state index in [-0.39, 0.29) is 24.2 Å². The van der Waals surface area contributed by atoms with Gasteiger partial charge in [0.2, 0.25) is 0 Å². The molecule has 0 saturated carbocycles. The van der Waals surface area contributed by atoms with Crippen molar-refractivity contribution in [2.45, 2.75) is 31.0 Å². The number of likely N-dealkylation sites (tertiary alicyclic amines) is 1. The summed E-state index contributed by atoms with van der Waals surface area (Å²) >= 11 is 1.72. The molecule has 3 heterocycles. The molecule has 1 unspecified atom stereocenters. The number of rotatable bonds is 3. The topological polar surface area (TPSA) is 50.8 Å². The number of methoxy groups -OCH3 is 1. The first-order valence-electron chi connectivity index (χ1n) is 7.00. The van der Waals surface area contributed by atoms with Crippen LogP contribution in [0.4, 0.5) is 4.79 Å². The number of carbonyl (C=O) groups is 1. The lowest BCUT2D eigenvalue weighted by Crippen LogP contribution is -2.49. The van der Waals surface area contributed by atoms with Crippen LogP contribution in [0, 0.1) is 0 Å². The molecule has 2 aliphatic rings. The summed E-state index contributed by atoms with van der Waals surface area (Å²) in [6.45, 7) is 1.90. The molecule has 2 amide bonds. The number of thiophene rings is 1. The fourth-order valence-electron chi connectivity index (χ4n) is 2.93. The lowest BCUT2D eigenvalue weighted by atomic mass is 10.2. The summed E-state index contributed by atoms with van der Waals surface area (Å²) in [6.07, 6.45) is 2.06. The van der Waals surface area contributed by atoms with E-state index in [4.69, 9.17) is 9.47 Å². The molecule has 2 aliphatic heterocycles. The lowest BCUT2D eigenvalue weighted by Gasteiger charge is -2.27. The number of ether oxygens (including phenoxy) is 2. The molecule has 110 valence electrons. The molecule has 0 spiro atoms. The lowest BCUT2D eigenvalue weighted by molar-refractivity contribution is 0.0733. The van der Waals surface area contributed by atoms with Gasteiger partial charge in [-0.25, -0.2) is 4.79 Å². The number of hydrogen-bond acceptors (Lipinski definition) is 4. The Bertz CT molecular complexity index is 451.